The molecular formula is C23H13NO4. The Bertz CT molecular complexity index is 1310. The van der Waals surface area contributed by atoms with Crippen LogP contribution in [-0.2, 0) is 0 Å². The van der Waals surface area contributed by atoms with E-state index in [2.05, 4.69) is 4.98 Å². The number of phenols is 2. The summed E-state index contributed by atoms with van der Waals surface area (Å²) in [6.45, 7) is 0. The maximum absolute atomic E-state index is 13.2. The summed E-state index contributed by atoms with van der Waals surface area (Å²) >= 11 is 0. The number of rotatable bonds is 1. The van der Waals surface area contributed by atoms with E-state index in [1.165, 1.54) is 0 Å². The minimum atomic E-state index is -0.582. The molecule has 0 radical (unpaired) electrons. The van der Waals surface area contributed by atoms with Gasteiger partial charge in [-0.2, -0.15) is 0 Å². The summed E-state index contributed by atoms with van der Waals surface area (Å²) < 4.78 is 0. The van der Waals surface area contributed by atoms with E-state index in [0.29, 0.717) is 16.5 Å². The maximum Gasteiger partial charge on any atom is 0.216 e. The molecule has 1 aromatic heterocycles. The van der Waals surface area contributed by atoms with Gasteiger partial charge in [0, 0.05) is 16.3 Å². The predicted molar refractivity (Wildman–Crippen MR) is 104 cm³/mol. The van der Waals surface area contributed by atoms with Crippen molar-refractivity contribution in [2.24, 2.45) is 0 Å². The van der Waals surface area contributed by atoms with E-state index in [1.807, 2.05) is 30.3 Å². The quantitative estimate of drug-likeness (QED) is 0.436. The van der Waals surface area contributed by atoms with Crippen molar-refractivity contribution in [3.8, 4) is 22.8 Å². The van der Waals surface area contributed by atoms with Crippen LogP contribution in [0, 0.1) is 0 Å². The Labute approximate surface area is 159 Å². The lowest BCUT2D eigenvalue weighted by Gasteiger charge is -2.21. The molecule has 1 aliphatic carbocycles. The number of aromatic hydroxyl groups is 2. The number of carbonyl (C=O) groups is 2. The molecular weight excluding hydrogens is 354 g/mol. The Hall–Kier alpha value is -3.99. The van der Waals surface area contributed by atoms with E-state index in [1.54, 1.807) is 36.4 Å². The second kappa shape index (κ2) is 5.76. The minimum Gasteiger partial charge on any atom is -0.506 e. The van der Waals surface area contributed by atoms with Gasteiger partial charge in [0.2, 0.25) is 5.78 Å². The molecule has 0 saturated heterocycles. The molecule has 5 rings (SSSR count). The van der Waals surface area contributed by atoms with Gasteiger partial charge in [0.05, 0.1) is 22.4 Å². The first-order valence-electron chi connectivity index (χ1n) is 8.70. The molecule has 28 heavy (non-hydrogen) atoms. The van der Waals surface area contributed by atoms with Crippen molar-refractivity contribution < 1.29 is 19.8 Å². The Morgan fingerprint density at radius 2 is 1.21 bits per heavy atom. The third-order valence-electron chi connectivity index (χ3n) is 5.04. The molecule has 2 N–H and O–H groups in total. The summed E-state index contributed by atoms with van der Waals surface area (Å²) in [7, 11) is 0. The maximum atomic E-state index is 13.2. The van der Waals surface area contributed by atoms with Crippen LogP contribution in [0.15, 0.2) is 66.7 Å². The molecule has 5 heteroatoms. The van der Waals surface area contributed by atoms with Crippen molar-refractivity contribution in [1.29, 1.82) is 0 Å². The molecule has 4 aromatic rings. The molecule has 0 atom stereocenters. The fourth-order valence-corrected chi connectivity index (χ4v) is 3.68. The number of benzene rings is 3. The summed E-state index contributed by atoms with van der Waals surface area (Å²) in [6.07, 6.45) is 0. The first-order valence-corrected chi connectivity index (χ1v) is 8.70. The molecule has 134 valence electrons. The Balaban J connectivity index is 1.79. The van der Waals surface area contributed by atoms with Gasteiger partial charge in [0.25, 0.3) is 0 Å². The monoisotopic (exact) mass is 367 g/mol. The third-order valence-corrected chi connectivity index (χ3v) is 5.04. The number of pyridine rings is 1. The molecule has 0 aliphatic heterocycles. The number of phenolic OH excluding ortho intramolecular Hbond substituents is 2. The summed E-state index contributed by atoms with van der Waals surface area (Å²) in [6, 6.07) is 19.1. The number of hydrogen-bond donors (Lipinski definition) is 2. The van der Waals surface area contributed by atoms with Gasteiger partial charge in [0.15, 0.2) is 5.78 Å². The fraction of sp³-hybridized carbons (Fsp3) is 0. The molecule has 5 nitrogen and oxygen atoms in total. The van der Waals surface area contributed by atoms with Gasteiger partial charge < -0.3 is 10.2 Å². The lowest BCUT2D eigenvalue weighted by atomic mass is 9.83. The molecule has 0 spiro atoms. The van der Waals surface area contributed by atoms with Crippen LogP contribution in [0.5, 0.6) is 11.5 Å². The van der Waals surface area contributed by atoms with E-state index in [4.69, 9.17) is 0 Å². The molecule has 3 aromatic carbocycles. The van der Waals surface area contributed by atoms with Gasteiger partial charge in [0.1, 0.15) is 17.2 Å². The van der Waals surface area contributed by atoms with Gasteiger partial charge in [-0.3, -0.25) is 9.59 Å². The van der Waals surface area contributed by atoms with Crippen LogP contribution < -0.4 is 0 Å². The van der Waals surface area contributed by atoms with E-state index in [9.17, 15) is 19.8 Å². The summed E-state index contributed by atoms with van der Waals surface area (Å²) in [4.78, 5) is 30.6. The second-order valence-corrected chi connectivity index (χ2v) is 6.61. The predicted octanol–water partition coefficient (Wildman–Crippen LogP) is 4.09. The normalized spacial score (nSPS) is 12.7. The highest BCUT2D eigenvalue weighted by Gasteiger charge is 2.37. The highest BCUT2D eigenvalue weighted by Crippen LogP contribution is 2.44. The molecule has 0 amide bonds. The van der Waals surface area contributed by atoms with Crippen molar-refractivity contribution in [1.82, 2.24) is 4.98 Å². The first-order chi connectivity index (χ1) is 13.6. The van der Waals surface area contributed by atoms with Crippen LogP contribution in [0.2, 0.25) is 0 Å². The number of fused-ring (bicyclic) bond motifs is 3. The van der Waals surface area contributed by atoms with Crippen LogP contribution in [0.1, 0.15) is 32.0 Å². The zero-order chi connectivity index (χ0) is 19.4. The molecule has 0 saturated carbocycles. The van der Waals surface area contributed by atoms with Crippen molar-refractivity contribution in [2.75, 3.05) is 0 Å². The van der Waals surface area contributed by atoms with Crippen molar-refractivity contribution >= 4 is 22.3 Å². The number of nitrogens with zero attached hydrogens (tertiary/aromatic N) is 1. The number of ketones is 2. The van der Waals surface area contributed by atoms with E-state index >= 15 is 0 Å². The van der Waals surface area contributed by atoms with E-state index in [0.717, 1.165) is 5.56 Å². The van der Waals surface area contributed by atoms with Crippen molar-refractivity contribution in [3.63, 3.8) is 0 Å². The molecule has 1 heterocycles. The smallest absolute Gasteiger partial charge is 0.216 e. The molecule has 0 unspecified atom stereocenters. The molecule has 1 aliphatic rings. The number of aromatic nitrogens is 1. The van der Waals surface area contributed by atoms with Crippen molar-refractivity contribution in [3.05, 3.63) is 89.1 Å². The zero-order valence-electron chi connectivity index (χ0n) is 14.5. The Kier molecular flexibility index (Phi) is 3.33. The minimum absolute atomic E-state index is 0.0242. The lowest BCUT2D eigenvalue weighted by molar-refractivity contribution is 0.0971. The van der Waals surface area contributed by atoms with Crippen LogP contribution in [0.25, 0.3) is 22.0 Å². The van der Waals surface area contributed by atoms with Gasteiger partial charge in [-0.1, -0.05) is 54.6 Å². The number of carbonyl (C=O) groups excluding carboxylic acids is 2. The average molecular weight is 367 g/mol. The van der Waals surface area contributed by atoms with Crippen LogP contribution in [0.3, 0.4) is 0 Å². The van der Waals surface area contributed by atoms with Crippen LogP contribution in [-0.4, -0.2) is 26.8 Å². The Morgan fingerprint density at radius 1 is 0.643 bits per heavy atom. The summed E-state index contributed by atoms with van der Waals surface area (Å²) in [5.41, 5.74) is 1.07. The van der Waals surface area contributed by atoms with Gasteiger partial charge in [-0.15, -0.1) is 0 Å². The highest BCUT2D eigenvalue weighted by atomic mass is 16.3. The van der Waals surface area contributed by atoms with Gasteiger partial charge in [-0.05, 0) is 12.1 Å². The zero-order valence-corrected chi connectivity index (χ0v) is 14.5. The summed E-state index contributed by atoms with van der Waals surface area (Å²) in [5, 5.41) is 22.0. The number of hydrogen-bond acceptors (Lipinski definition) is 5. The molecule has 0 fully saturated rings. The topological polar surface area (TPSA) is 87.5 Å². The Morgan fingerprint density at radius 3 is 1.86 bits per heavy atom. The lowest BCUT2D eigenvalue weighted by Crippen LogP contribution is -2.23. The van der Waals surface area contributed by atoms with E-state index in [-0.39, 0.29) is 33.9 Å². The van der Waals surface area contributed by atoms with Crippen LogP contribution >= 0.6 is 0 Å². The van der Waals surface area contributed by atoms with E-state index < -0.39 is 11.6 Å². The molecule has 0 bridgehead atoms. The SMILES string of the molecule is O=C1c2ccc(-c3ccccc3)nc2C(=O)c2c1c(O)c1ccccc1c2O. The summed E-state index contributed by atoms with van der Waals surface area (Å²) in [5.74, 6) is -1.74. The average Bonchev–Trinajstić information content (AvgIpc) is 2.75. The second-order valence-electron chi connectivity index (χ2n) is 6.61. The standard InChI is InChI=1S/C23H13NO4/c25-20-13-8-4-5-9-14(13)21(26)18-17(20)22(27)15-10-11-16(24-19(15)23(18)28)12-6-2-1-3-7-12/h1-11,25-26H. The highest BCUT2D eigenvalue weighted by molar-refractivity contribution is 6.31. The first kappa shape index (κ1) is 16.2. The van der Waals surface area contributed by atoms with Gasteiger partial charge >= 0.3 is 0 Å². The fourth-order valence-electron chi connectivity index (χ4n) is 3.68. The third kappa shape index (κ3) is 2.10. The van der Waals surface area contributed by atoms with Crippen LogP contribution in [0.4, 0.5) is 0 Å². The van der Waals surface area contributed by atoms with Crippen molar-refractivity contribution in [2.45, 2.75) is 0 Å². The van der Waals surface area contributed by atoms with Gasteiger partial charge in [-0.25, -0.2) is 4.98 Å². The largest absolute Gasteiger partial charge is 0.506 e.